The Morgan fingerprint density at radius 2 is 1.10 bits per heavy atom. The maximum absolute atomic E-state index is 13.7. The number of amides is 1. The molecule has 61 heavy (non-hydrogen) atoms. The van der Waals surface area contributed by atoms with Crippen LogP contribution in [0.1, 0.15) is 168 Å². The van der Waals surface area contributed by atoms with Gasteiger partial charge in [-0.25, -0.2) is 0 Å². The summed E-state index contributed by atoms with van der Waals surface area (Å²) in [4.78, 5) is 28.8. The second-order valence-electron chi connectivity index (χ2n) is 21.0. The number of carbonyl (C=O) groups is 1. The lowest BCUT2D eigenvalue weighted by atomic mass is 9.79. The predicted octanol–water partition coefficient (Wildman–Crippen LogP) is 11.5. The molecule has 1 amide bonds. The van der Waals surface area contributed by atoms with Crippen LogP contribution < -0.4 is 16.0 Å². The number of rotatable bonds is 13. The fraction of sp³-hybridized carbons (Fsp3) is 0.491. The first-order chi connectivity index (χ1) is 28.0. The van der Waals surface area contributed by atoms with Crippen LogP contribution in [0.4, 0.5) is 0 Å². The van der Waals surface area contributed by atoms with E-state index in [-0.39, 0.29) is 28.6 Å². The van der Waals surface area contributed by atoms with Gasteiger partial charge in [-0.15, -0.1) is 0 Å². The van der Waals surface area contributed by atoms with E-state index in [1.54, 1.807) is 0 Å². The standard InChI is InChI=1S/C53H77N7O/c1-32(2)48(8,9)39-21-22-40(57-39)49(10,11)35(5)33(3)29-34(4)54-27-20-28-55-46(61)31-38-30-45-51(14,15)37(7)56-36(6)50(12,13)41-23-24-42(58-41)52(16,17)43-25-26-44(59-43)53(18,19)47(38)60-45/h21-26,30,54,56-60H,1,4,6-7,20,27-29,31H2,2-3,5,8-19H3,(H,55,61)/b35-33-. The summed E-state index contributed by atoms with van der Waals surface area (Å²) in [5.74, 6) is -0.0106. The molecule has 4 aromatic heterocycles. The topological polar surface area (TPSA) is 116 Å². The van der Waals surface area contributed by atoms with Crippen molar-refractivity contribution in [2.45, 2.75) is 156 Å². The van der Waals surface area contributed by atoms with Crippen LogP contribution in [0.15, 0.2) is 103 Å². The van der Waals surface area contributed by atoms with Crippen LogP contribution in [0, 0.1) is 0 Å². The summed E-state index contributed by atoms with van der Waals surface area (Å²) < 4.78 is 0. The van der Waals surface area contributed by atoms with Gasteiger partial charge >= 0.3 is 0 Å². The molecule has 0 unspecified atom stereocenters. The maximum Gasteiger partial charge on any atom is 0.224 e. The van der Waals surface area contributed by atoms with E-state index in [2.05, 4.69) is 209 Å². The molecule has 8 heteroatoms. The average Bonchev–Trinajstić information content (AvgIpc) is 4.00. The van der Waals surface area contributed by atoms with Gasteiger partial charge < -0.3 is 35.9 Å². The van der Waals surface area contributed by atoms with Crippen LogP contribution in [0.5, 0.6) is 0 Å². The van der Waals surface area contributed by atoms with Gasteiger partial charge in [-0.3, -0.25) is 4.79 Å². The number of H-pyrrole nitrogens is 4. The van der Waals surface area contributed by atoms with Crippen molar-refractivity contribution in [1.29, 1.82) is 0 Å². The molecule has 1 aliphatic rings. The molecule has 0 saturated carbocycles. The Bertz CT molecular complexity index is 2350. The Labute approximate surface area is 367 Å². The lowest BCUT2D eigenvalue weighted by molar-refractivity contribution is -0.120. The van der Waals surface area contributed by atoms with Crippen LogP contribution in [0.3, 0.4) is 0 Å². The molecule has 5 rings (SSSR count). The first-order valence-electron chi connectivity index (χ1n) is 22.0. The van der Waals surface area contributed by atoms with Gasteiger partial charge in [0.15, 0.2) is 0 Å². The van der Waals surface area contributed by atoms with Crippen molar-refractivity contribution in [3.8, 4) is 0 Å². The minimum atomic E-state index is -0.511. The molecule has 0 aliphatic carbocycles. The molecule has 6 bridgehead atoms. The zero-order chi connectivity index (χ0) is 45.7. The third kappa shape index (κ3) is 9.10. The van der Waals surface area contributed by atoms with Gasteiger partial charge in [0.25, 0.3) is 0 Å². The number of aromatic nitrogens is 4. The summed E-state index contributed by atoms with van der Waals surface area (Å²) in [5, 5.41) is 10.3. The normalized spacial score (nSPS) is 17.6. The summed E-state index contributed by atoms with van der Waals surface area (Å²) in [7, 11) is 0. The molecule has 0 saturated heterocycles. The molecular weight excluding hydrogens is 751 g/mol. The number of hydrogen-bond donors (Lipinski definition) is 7. The fourth-order valence-corrected chi connectivity index (χ4v) is 8.30. The van der Waals surface area contributed by atoms with Crippen LogP contribution in [0.2, 0.25) is 0 Å². The quantitative estimate of drug-likeness (QED) is 0.0538. The van der Waals surface area contributed by atoms with Crippen molar-refractivity contribution >= 4 is 5.91 Å². The third-order valence-corrected chi connectivity index (χ3v) is 14.6. The Morgan fingerprint density at radius 3 is 1.64 bits per heavy atom. The van der Waals surface area contributed by atoms with Gasteiger partial charge in [0, 0.05) is 115 Å². The van der Waals surface area contributed by atoms with E-state index >= 15 is 0 Å². The third-order valence-electron chi connectivity index (χ3n) is 14.6. The molecule has 0 radical (unpaired) electrons. The highest BCUT2D eigenvalue weighted by Crippen LogP contribution is 2.42. The maximum atomic E-state index is 13.7. The van der Waals surface area contributed by atoms with Gasteiger partial charge in [0.05, 0.1) is 6.42 Å². The predicted molar refractivity (Wildman–Crippen MR) is 257 cm³/mol. The summed E-state index contributed by atoms with van der Waals surface area (Å²) in [6, 6.07) is 15.3. The van der Waals surface area contributed by atoms with Crippen molar-refractivity contribution in [2.75, 3.05) is 13.1 Å². The smallest absolute Gasteiger partial charge is 0.224 e. The van der Waals surface area contributed by atoms with E-state index in [4.69, 9.17) is 0 Å². The highest BCUT2D eigenvalue weighted by molar-refractivity contribution is 5.79. The monoisotopic (exact) mass is 828 g/mol. The molecular formula is C53H77N7O. The van der Waals surface area contributed by atoms with Gasteiger partial charge in [0.2, 0.25) is 5.91 Å². The van der Waals surface area contributed by atoms with E-state index < -0.39 is 16.2 Å². The summed E-state index contributed by atoms with van der Waals surface area (Å²) >= 11 is 0. The molecule has 7 N–H and O–H groups in total. The number of fused-ring (bicyclic) bond motifs is 6. The van der Waals surface area contributed by atoms with Crippen molar-refractivity contribution in [3.63, 3.8) is 0 Å². The van der Waals surface area contributed by atoms with E-state index in [0.717, 1.165) is 81.8 Å². The second-order valence-corrected chi connectivity index (χ2v) is 21.0. The van der Waals surface area contributed by atoms with Gasteiger partial charge in [-0.1, -0.05) is 70.7 Å². The lowest BCUT2D eigenvalue weighted by Crippen LogP contribution is -2.36. The number of nitrogens with one attached hydrogen (secondary N) is 7. The largest absolute Gasteiger partial charge is 0.388 e. The Kier molecular flexibility index (Phi) is 12.8. The molecule has 4 aromatic rings. The Balaban J connectivity index is 1.27. The first kappa shape index (κ1) is 46.9. The van der Waals surface area contributed by atoms with Crippen molar-refractivity contribution < 1.29 is 4.79 Å². The van der Waals surface area contributed by atoms with Crippen LogP contribution in [-0.4, -0.2) is 38.9 Å². The highest BCUT2D eigenvalue weighted by Gasteiger charge is 2.38. The lowest BCUT2D eigenvalue weighted by Gasteiger charge is -2.34. The molecule has 0 aromatic carbocycles. The molecule has 1 aliphatic heterocycles. The second kappa shape index (κ2) is 16.6. The number of hydrogen-bond acceptors (Lipinski definition) is 3. The van der Waals surface area contributed by atoms with Crippen LogP contribution in [-0.2, 0) is 43.7 Å². The van der Waals surface area contributed by atoms with Gasteiger partial charge in [-0.2, -0.15) is 0 Å². The number of carbonyl (C=O) groups excluding carboxylic acids is 1. The zero-order valence-corrected chi connectivity index (χ0v) is 40.3. The zero-order valence-electron chi connectivity index (χ0n) is 40.3. The minimum Gasteiger partial charge on any atom is -0.388 e. The molecule has 0 spiro atoms. The van der Waals surface area contributed by atoms with Crippen molar-refractivity contribution in [2.24, 2.45) is 0 Å². The molecule has 0 fully saturated rings. The molecule has 5 heterocycles. The van der Waals surface area contributed by atoms with E-state index in [1.807, 2.05) is 0 Å². The number of aromatic amines is 4. The van der Waals surface area contributed by atoms with Gasteiger partial charge in [0.1, 0.15) is 0 Å². The summed E-state index contributed by atoms with van der Waals surface area (Å²) in [6.45, 7) is 51.9. The van der Waals surface area contributed by atoms with E-state index in [1.165, 1.54) is 22.5 Å². The van der Waals surface area contributed by atoms with E-state index in [0.29, 0.717) is 6.54 Å². The Morgan fingerprint density at radius 1 is 0.623 bits per heavy atom. The Hall–Kier alpha value is -5.11. The average molecular weight is 828 g/mol. The summed E-state index contributed by atoms with van der Waals surface area (Å²) in [6.07, 6.45) is 1.79. The fourth-order valence-electron chi connectivity index (χ4n) is 8.30. The van der Waals surface area contributed by atoms with Crippen LogP contribution in [0.25, 0.3) is 0 Å². The SMILES string of the molecule is C=C(C/C(C)=C(/C)C(C)(C)c1ccc(C(C)(C)C(=C)C)[nH]1)NCCCNC(=O)Cc1cc2[nH]c1C(C)(C)c1ccc([nH]1)C(C)(C)c1ccc([nH]1)C(C)(C)C(=C)NC(=C)C2(C)C. The summed E-state index contributed by atoms with van der Waals surface area (Å²) in [5.41, 5.74) is 14.1. The van der Waals surface area contributed by atoms with Crippen molar-refractivity contribution in [1.82, 2.24) is 35.9 Å². The molecule has 8 nitrogen and oxygen atoms in total. The van der Waals surface area contributed by atoms with E-state index in [9.17, 15) is 4.79 Å². The van der Waals surface area contributed by atoms with Crippen molar-refractivity contribution in [3.05, 3.63) is 154 Å². The minimum absolute atomic E-state index is 0.0106. The molecule has 0 atom stereocenters. The molecule has 330 valence electrons. The highest BCUT2D eigenvalue weighted by atomic mass is 16.1. The van der Waals surface area contributed by atoms with Crippen LogP contribution >= 0.6 is 0 Å². The van der Waals surface area contributed by atoms with Gasteiger partial charge in [-0.05, 0) is 131 Å². The number of allylic oxidation sites excluding steroid dienone is 5. The first-order valence-corrected chi connectivity index (χ1v) is 22.0.